The predicted octanol–water partition coefficient (Wildman–Crippen LogP) is 0.188. The van der Waals surface area contributed by atoms with Crippen molar-refractivity contribution in [1.82, 2.24) is 35.6 Å². The molecule has 0 unspecified atom stereocenters. The standard InChI is InChI=1S/C17H18ClN9O4/c18-11-1-2-13(28)10(7-11)8-20-22-17(29)14-12(9-26-3-5-30-6-4-26)27(25-21-14)16-15(19)23-31-24-16/h1-2,7-8,28H,3-6,9H2,(H2,19,23)(H,22,29)/b20-8-. The van der Waals surface area contributed by atoms with Crippen LogP contribution in [0.25, 0.3) is 5.82 Å². The molecule has 3 heterocycles. The molecule has 0 bridgehead atoms. The third-order valence-corrected chi connectivity index (χ3v) is 4.75. The van der Waals surface area contributed by atoms with Crippen LogP contribution in [0.1, 0.15) is 21.7 Å². The summed E-state index contributed by atoms with van der Waals surface area (Å²) < 4.78 is 11.3. The molecular weight excluding hydrogens is 430 g/mol. The Morgan fingerprint density at radius 3 is 2.90 bits per heavy atom. The van der Waals surface area contributed by atoms with Crippen molar-refractivity contribution in [3.8, 4) is 11.6 Å². The number of carbonyl (C=O) groups is 1. The second-order valence-corrected chi connectivity index (χ2v) is 7.00. The summed E-state index contributed by atoms with van der Waals surface area (Å²) in [5.41, 5.74) is 8.96. The van der Waals surface area contributed by atoms with Crippen LogP contribution in [0.4, 0.5) is 5.82 Å². The van der Waals surface area contributed by atoms with E-state index in [1.54, 1.807) is 0 Å². The van der Waals surface area contributed by atoms with Gasteiger partial charge in [0.25, 0.3) is 5.91 Å². The highest BCUT2D eigenvalue weighted by molar-refractivity contribution is 6.30. The monoisotopic (exact) mass is 447 g/mol. The summed E-state index contributed by atoms with van der Waals surface area (Å²) in [6.45, 7) is 2.83. The van der Waals surface area contributed by atoms with Gasteiger partial charge in [-0.25, -0.2) is 10.1 Å². The molecule has 0 saturated carbocycles. The number of rotatable bonds is 6. The van der Waals surface area contributed by atoms with Gasteiger partial charge in [0.1, 0.15) is 5.75 Å². The van der Waals surface area contributed by atoms with Crippen LogP contribution >= 0.6 is 11.6 Å². The largest absolute Gasteiger partial charge is 0.507 e. The number of hydrazone groups is 1. The van der Waals surface area contributed by atoms with Crippen molar-refractivity contribution < 1.29 is 19.3 Å². The molecular formula is C17H18ClN9O4. The summed E-state index contributed by atoms with van der Waals surface area (Å²) in [5, 5.41) is 29.4. The lowest BCUT2D eigenvalue weighted by Gasteiger charge is -2.26. The van der Waals surface area contributed by atoms with E-state index in [2.05, 4.69) is 40.7 Å². The van der Waals surface area contributed by atoms with Crippen LogP contribution in [0.5, 0.6) is 5.75 Å². The number of nitrogen functional groups attached to an aromatic ring is 1. The number of halogens is 1. The van der Waals surface area contributed by atoms with Gasteiger partial charge >= 0.3 is 0 Å². The maximum atomic E-state index is 12.8. The topological polar surface area (TPSA) is 170 Å². The molecule has 13 nitrogen and oxygen atoms in total. The zero-order valence-corrected chi connectivity index (χ0v) is 16.9. The van der Waals surface area contributed by atoms with E-state index in [0.29, 0.717) is 49.1 Å². The normalized spacial score (nSPS) is 14.9. The first-order valence-corrected chi connectivity index (χ1v) is 9.55. The summed E-state index contributed by atoms with van der Waals surface area (Å²) in [4.78, 5) is 14.8. The molecule has 162 valence electrons. The smallest absolute Gasteiger partial charge is 0.293 e. The molecule has 1 amide bonds. The number of ether oxygens (including phenoxy) is 1. The SMILES string of the molecule is Nc1nonc1-n1nnc(C(=O)N/N=C\c2cc(Cl)ccc2O)c1CN1CCOCC1. The molecule has 1 aliphatic heterocycles. The predicted molar refractivity (Wildman–Crippen MR) is 108 cm³/mol. The summed E-state index contributed by atoms with van der Waals surface area (Å²) in [6, 6.07) is 4.47. The Labute approximate surface area is 180 Å². The first-order valence-electron chi connectivity index (χ1n) is 9.18. The van der Waals surface area contributed by atoms with Crippen LogP contribution in [0.15, 0.2) is 27.9 Å². The fraction of sp³-hybridized carbons (Fsp3) is 0.294. The van der Waals surface area contributed by atoms with Crippen LogP contribution < -0.4 is 11.2 Å². The van der Waals surface area contributed by atoms with Crippen molar-refractivity contribution in [3.63, 3.8) is 0 Å². The third-order valence-electron chi connectivity index (χ3n) is 4.51. The number of nitrogens with zero attached hydrogens (tertiary/aromatic N) is 7. The Morgan fingerprint density at radius 1 is 1.35 bits per heavy atom. The summed E-state index contributed by atoms with van der Waals surface area (Å²) in [5.74, 6) is -0.505. The van der Waals surface area contributed by atoms with Crippen LogP contribution in [-0.4, -0.2) is 73.7 Å². The van der Waals surface area contributed by atoms with Gasteiger partial charge in [-0.15, -0.1) is 5.10 Å². The fourth-order valence-corrected chi connectivity index (χ4v) is 3.12. The van der Waals surface area contributed by atoms with Crippen molar-refractivity contribution in [1.29, 1.82) is 0 Å². The summed E-state index contributed by atoms with van der Waals surface area (Å²) in [6.07, 6.45) is 1.27. The van der Waals surface area contributed by atoms with Crippen molar-refractivity contribution in [3.05, 3.63) is 40.2 Å². The van der Waals surface area contributed by atoms with E-state index in [0.717, 1.165) is 0 Å². The van der Waals surface area contributed by atoms with E-state index in [4.69, 9.17) is 22.1 Å². The van der Waals surface area contributed by atoms with Gasteiger partial charge in [0, 0.05) is 30.2 Å². The maximum absolute atomic E-state index is 12.8. The molecule has 0 radical (unpaired) electrons. The van der Waals surface area contributed by atoms with Gasteiger partial charge in [-0.05, 0) is 28.5 Å². The minimum atomic E-state index is -0.609. The van der Waals surface area contributed by atoms with Gasteiger partial charge in [0.2, 0.25) is 11.6 Å². The number of carbonyl (C=O) groups excluding carboxylic acids is 1. The van der Waals surface area contributed by atoms with Gasteiger partial charge in [0.15, 0.2) is 5.69 Å². The molecule has 3 aromatic rings. The second kappa shape index (κ2) is 9.07. The summed E-state index contributed by atoms with van der Waals surface area (Å²) in [7, 11) is 0. The molecule has 0 aliphatic carbocycles. The van der Waals surface area contributed by atoms with Crippen LogP contribution in [0.2, 0.25) is 5.02 Å². The Morgan fingerprint density at radius 2 is 2.16 bits per heavy atom. The average molecular weight is 448 g/mol. The Hall–Kier alpha value is -3.55. The van der Waals surface area contributed by atoms with E-state index in [1.807, 2.05) is 0 Å². The Balaban J connectivity index is 1.58. The highest BCUT2D eigenvalue weighted by Gasteiger charge is 2.26. The van der Waals surface area contributed by atoms with Gasteiger partial charge in [-0.1, -0.05) is 16.8 Å². The number of phenolic OH excluding ortho intramolecular Hbond substituents is 1. The average Bonchev–Trinajstić information content (AvgIpc) is 3.37. The number of morpholine rings is 1. The van der Waals surface area contributed by atoms with E-state index in [-0.39, 0.29) is 23.1 Å². The lowest BCUT2D eigenvalue weighted by molar-refractivity contribution is 0.0332. The third kappa shape index (κ3) is 4.63. The first kappa shape index (κ1) is 20.7. The Kier molecular flexibility index (Phi) is 6.06. The van der Waals surface area contributed by atoms with E-state index < -0.39 is 5.91 Å². The number of hydrogen-bond donors (Lipinski definition) is 3. The van der Waals surface area contributed by atoms with Gasteiger partial charge in [-0.3, -0.25) is 9.69 Å². The molecule has 2 aromatic heterocycles. The lowest BCUT2D eigenvalue weighted by atomic mass is 10.2. The molecule has 1 fully saturated rings. The molecule has 1 aliphatic rings. The first-order chi connectivity index (χ1) is 15.0. The minimum Gasteiger partial charge on any atom is -0.507 e. The van der Waals surface area contributed by atoms with Crippen molar-refractivity contribution in [2.75, 3.05) is 32.0 Å². The number of hydrogen-bond acceptors (Lipinski definition) is 11. The number of aromatic hydroxyl groups is 1. The number of aromatic nitrogens is 5. The van der Waals surface area contributed by atoms with E-state index >= 15 is 0 Å². The number of phenols is 1. The van der Waals surface area contributed by atoms with Crippen LogP contribution in [0.3, 0.4) is 0 Å². The molecule has 1 aromatic carbocycles. The van der Waals surface area contributed by atoms with Gasteiger partial charge in [0.05, 0.1) is 25.1 Å². The van der Waals surface area contributed by atoms with E-state index in [1.165, 1.54) is 29.1 Å². The molecule has 0 spiro atoms. The number of benzene rings is 1. The zero-order valence-electron chi connectivity index (χ0n) is 16.1. The molecule has 1 saturated heterocycles. The van der Waals surface area contributed by atoms with Gasteiger partial charge in [-0.2, -0.15) is 9.78 Å². The summed E-state index contributed by atoms with van der Waals surface area (Å²) >= 11 is 5.91. The highest BCUT2D eigenvalue weighted by atomic mass is 35.5. The quantitative estimate of drug-likeness (QED) is 0.350. The lowest BCUT2D eigenvalue weighted by Crippen LogP contribution is -2.37. The molecule has 4 rings (SSSR count). The highest BCUT2D eigenvalue weighted by Crippen LogP contribution is 2.20. The van der Waals surface area contributed by atoms with Crippen molar-refractivity contribution in [2.24, 2.45) is 5.10 Å². The Bertz CT molecular complexity index is 1110. The number of nitrogens with two attached hydrogens (primary N) is 1. The van der Waals surface area contributed by atoms with Gasteiger partial charge < -0.3 is 15.6 Å². The number of anilines is 1. The van der Waals surface area contributed by atoms with E-state index in [9.17, 15) is 9.90 Å². The zero-order chi connectivity index (χ0) is 21.8. The number of amides is 1. The van der Waals surface area contributed by atoms with Crippen LogP contribution in [-0.2, 0) is 11.3 Å². The maximum Gasteiger partial charge on any atom is 0.293 e. The van der Waals surface area contributed by atoms with Crippen molar-refractivity contribution >= 4 is 29.5 Å². The molecule has 31 heavy (non-hydrogen) atoms. The minimum absolute atomic E-state index is 0.00883. The molecule has 0 atom stereocenters. The van der Waals surface area contributed by atoms with Crippen molar-refractivity contribution in [2.45, 2.75) is 6.54 Å². The second-order valence-electron chi connectivity index (χ2n) is 6.56. The molecule has 14 heteroatoms. The number of nitrogens with one attached hydrogen (secondary N) is 1. The fourth-order valence-electron chi connectivity index (χ4n) is 2.94. The molecule has 4 N–H and O–H groups in total. The van der Waals surface area contributed by atoms with Crippen LogP contribution in [0, 0.1) is 0 Å².